The van der Waals surface area contributed by atoms with E-state index in [0.29, 0.717) is 26.2 Å². The Morgan fingerprint density at radius 3 is 2.26 bits per heavy atom. The van der Waals surface area contributed by atoms with Gasteiger partial charge in [0.15, 0.2) is 0 Å². The summed E-state index contributed by atoms with van der Waals surface area (Å²) in [4.78, 5) is 45.6. The second-order valence-corrected chi connectivity index (χ2v) is 10.1. The number of imidazole rings is 1. The summed E-state index contributed by atoms with van der Waals surface area (Å²) < 4.78 is 3.13. The molecule has 1 aliphatic heterocycles. The predicted molar refractivity (Wildman–Crippen MR) is 153 cm³/mol. The third kappa shape index (κ3) is 5.81. The number of carbonyl (C=O) groups is 2. The molecule has 5 rings (SSSR count). The Kier molecular flexibility index (Phi) is 7.93. The van der Waals surface area contributed by atoms with Gasteiger partial charge in [0.05, 0.1) is 11.0 Å². The van der Waals surface area contributed by atoms with E-state index < -0.39 is 0 Å². The van der Waals surface area contributed by atoms with Crippen molar-refractivity contribution in [2.75, 3.05) is 31.1 Å². The van der Waals surface area contributed by atoms with E-state index in [9.17, 15) is 14.4 Å². The number of aromatic nitrogens is 2. The molecule has 202 valence electrons. The molecule has 8 heteroatoms. The Labute approximate surface area is 228 Å². The van der Waals surface area contributed by atoms with Crippen LogP contribution in [0.2, 0.25) is 0 Å². The van der Waals surface area contributed by atoms with E-state index in [4.69, 9.17) is 0 Å². The van der Waals surface area contributed by atoms with Gasteiger partial charge in [0, 0.05) is 58.9 Å². The van der Waals surface area contributed by atoms with Gasteiger partial charge in [-0.05, 0) is 35.7 Å². The van der Waals surface area contributed by atoms with Gasteiger partial charge >= 0.3 is 5.69 Å². The third-order valence-corrected chi connectivity index (χ3v) is 7.51. The molecular formula is C31H35N5O3. The van der Waals surface area contributed by atoms with Crippen LogP contribution in [-0.2, 0) is 36.3 Å². The van der Waals surface area contributed by atoms with Crippen LogP contribution in [0.25, 0.3) is 11.0 Å². The van der Waals surface area contributed by atoms with Gasteiger partial charge < -0.3 is 9.80 Å². The van der Waals surface area contributed by atoms with Crippen LogP contribution in [0.3, 0.4) is 0 Å². The third-order valence-electron chi connectivity index (χ3n) is 7.51. The molecule has 39 heavy (non-hydrogen) atoms. The van der Waals surface area contributed by atoms with Crippen LogP contribution in [0.4, 0.5) is 5.69 Å². The molecule has 3 aromatic carbocycles. The Balaban J connectivity index is 1.47. The second-order valence-electron chi connectivity index (χ2n) is 10.1. The summed E-state index contributed by atoms with van der Waals surface area (Å²) in [6, 6.07) is 25.6. The standard InChI is InChI=1S/C31H35N5O3/c1-24(37)35-18-10-17-33(21-25-11-4-3-5-12-25)19-20-34(22-26-13-6-7-14-27(26)35)30(38)23-36-29-16-9-8-15-28(29)32(2)31(36)39/h3-9,11-16H,10,17-23H2,1-2H3. The average molecular weight is 526 g/mol. The maximum absolute atomic E-state index is 13.9. The molecular weight excluding hydrogens is 490 g/mol. The summed E-state index contributed by atoms with van der Waals surface area (Å²) in [5.41, 5.74) is 4.29. The summed E-state index contributed by atoms with van der Waals surface area (Å²) in [6.07, 6.45) is 0.820. The molecule has 8 nitrogen and oxygen atoms in total. The summed E-state index contributed by atoms with van der Waals surface area (Å²) >= 11 is 0. The molecule has 0 radical (unpaired) electrons. The zero-order valence-electron chi connectivity index (χ0n) is 22.6. The van der Waals surface area contributed by atoms with Crippen molar-refractivity contribution in [1.82, 2.24) is 18.9 Å². The summed E-state index contributed by atoms with van der Waals surface area (Å²) in [7, 11) is 1.73. The summed E-state index contributed by atoms with van der Waals surface area (Å²) in [5.74, 6) is -0.145. The second kappa shape index (κ2) is 11.7. The zero-order valence-corrected chi connectivity index (χ0v) is 22.6. The normalized spacial score (nSPS) is 15.1. The maximum Gasteiger partial charge on any atom is 0.329 e. The van der Waals surface area contributed by atoms with Crippen LogP contribution in [-0.4, -0.2) is 56.9 Å². The lowest BCUT2D eigenvalue weighted by Gasteiger charge is -2.28. The number of para-hydroxylation sites is 3. The smallest absolute Gasteiger partial charge is 0.329 e. The van der Waals surface area contributed by atoms with Crippen molar-refractivity contribution in [3.63, 3.8) is 0 Å². The van der Waals surface area contributed by atoms with Gasteiger partial charge in [-0.15, -0.1) is 0 Å². The van der Waals surface area contributed by atoms with Gasteiger partial charge in [0.25, 0.3) is 0 Å². The first-order valence-electron chi connectivity index (χ1n) is 13.5. The molecule has 0 bridgehead atoms. The number of nitrogens with zero attached hydrogens (tertiary/aromatic N) is 5. The molecule has 4 aromatic rings. The molecule has 1 aliphatic rings. The fraction of sp³-hybridized carbons (Fsp3) is 0.323. The van der Waals surface area contributed by atoms with Gasteiger partial charge in [-0.2, -0.15) is 0 Å². The van der Waals surface area contributed by atoms with Gasteiger partial charge in [-0.25, -0.2) is 4.79 Å². The highest BCUT2D eigenvalue weighted by Crippen LogP contribution is 2.24. The minimum absolute atomic E-state index is 0.0171. The van der Waals surface area contributed by atoms with Crippen molar-refractivity contribution in [3.8, 4) is 0 Å². The maximum atomic E-state index is 13.9. The fourth-order valence-corrected chi connectivity index (χ4v) is 5.43. The first-order valence-corrected chi connectivity index (χ1v) is 13.5. The lowest BCUT2D eigenvalue weighted by molar-refractivity contribution is -0.132. The van der Waals surface area contributed by atoms with Gasteiger partial charge in [-0.3, -0.25) is 23.6 Å². The number of carbonyl (C=O) groups excluding carboxylic acids is 2. The minimum Gasteiger partial charge on any atom is -0.335 e. The van der Waals surface area contributed by atoms with Crippen molar-refractivity contribution < 1.29 is 9.59 Å². The Bertz CT molecular complexity index is 1520. The topological polar surface area (TPSA) is 70.8 Å². The number of hydrogen-bond donors (Lipinski definition) is 0. The molecule has 0 unspecified atom stereocenters. The van der Waals surface area contributed by atoms with Crippen LogP contribution in [0.15, 0.2) is 83.7 Å². The Morgan fingerprint density at radius 1 is 0.795 bits per heavy atom. The Morgan fingerprint density at radius 2 is 1.49 bits per heavy atom. The van der Waals surface area contributed by atoms with Crippen LogP contribution >= 0.6 is 0 Å². The lowest BCUT2D eigenvalue weighted by Crippen LogP contribution is -2.41. The average Bonchev–Trinajstić information content (AvgIpc) is 3.16. The van der Waals surface area contributed by atoms with Gasteiger partial charge in [-0.1, -0.05) is 60.7 Å². The molecule has 0 aliphatic carbocycles. The molecule has 0 saturated heterocycles. The highest BCUT2D eigenvalue weighted by atomic mass is 16.2. The van der Waals surface area contributed by atoms with Crippen molar-refractivity contribution >= 4 is 28.5 Å². The SMILES string of the molecule is CC(=O)N1CCCN(Cc2ccccc2)CCN(C(=O)Cn2c(=O)n(C)c3ccccc32)Cc2ccccc21. The molecule has 2 heterocycles. The van der Waals surface area contributed by atoms with E-state index in [-0.39, 0.29) is 24.0 Å². The number of hydrogen-bond acceptors (Lipinski definition) is 4. The molecule has 0 N–H and O–H groups in total. The van der Waals surface area contributed by atoms with E-state index in [1.54, 1.807) is 23.1 Å². The van der Waals surface area contributed by atoms with E-state index in [0.717, 1.165) is 41.8 Å². The predicted octanol–water partition coefficient (Wildman–Crippen LogP) is 3.63. The minimum atomic E-state index is -0.212. The molecule has 0 saturated carbocycles. The summed E-state index contributed by atoms with van der Waals surface area (Å²) in [6.45, 7) is 5.27. The van der Waals surface area contributed by atoms with E-state index >= 15 is 0 Å². The van der Waals surface area contributed by atoms with Crippen LogP contribution in [0, 0.1) is 0 Å². The molecule has 0 fully saturated rings. The molecule has 0 atom stereocenters. The van der Waals surface area contributed by atoms with E-state index in [2.05, 4.69) is 17.0 Å². The van der Waals surface area contributed by atoms with Gasteiger partial charge in [0.1, 0.15) is 6.54 Å². The van der Waals surface area contributed by atoms with Crippen molar-refractivity contribution in [2.45, 2.75) is 33.0 Å². The molecule has 1 aromatic heterocycles. The quantitative estimate of drug-likeness (QED) is 0.408. The van der Waals surface area contributed by atoms with E-state index in [1.807, 2.05) is 76.5 Å². The first kappa shape index (κ1) is 26.4. The van der Waals surface area contributed by atoms with Crippen LogP contribution < -0.4 is 10.6 Å². The number of aryl methyl sites for hydroxylation is 1. The highest BCUT2D eigenvalue weighted by Gasteiger charge is 2.23. The van der Waals surface area contributed by atoms with Crippen molar-refractivity contribution in [1.29, 1.82) is 0 Å². The highest BCUT2D eigenvalue weighted by molar-refractivity contribution is 5.92. The zero-order chi connectivity index (χ0) is 27.4. The van der Waals surface area contributed by atoms with Gasteiger partial charge in [0.2, 0.25) is 11.8 Å². The molecule has 0 spiro atoms. The number of benzene rings is 3. The number of amides is 2. The lowest BCUT2D eigenvalue weighted by atomic mass is 10.1. The number of fused-ring (bicyclic) bond motifs is 2. The van der Waals surface area contributed by atoms with Crippen molar-refractivity contribution in [2.24, 2.45) is 7.05 Å². The van der Waals surface area contributed by atoms with Crippen LogP contribution in [0.5, 0.6) is 0 Å². The van der Waals surface area contributed by atoms with E-state index in [1.165, 1.54) is 5.56 Å². The Hall–Kier alpha value is -4.17. The van der Waals surface area contributed by atoms with Crippen LogP contribution in [0.1, 0.15) is 24.5 Å². The molecule has 2 amide bonds. The monoisotopic (exact) mass is 525 g/mol. The number of rotatable bonds is 4. The largest absolute Gasteiger partial charge is 0.335 e. The fourth-order valence-electron chi connectivity index (χ4n) is 5.43. The first-order chi connectivity index (χ1) is 18.9. The van der Waals surface area contributed by atoms with Crippen molar-refractivity contribution in [3.05, 3.63) is 100 Å². The number of anilines is 1. The summed E-state index contributed by atoms with van der Waals surface area (Å²) in [5, 5.41) is 0.